The van der Waals surface area contributed by atoms with Crippen molar-refractivity contribution in [3.8, 4) is 21.8 Å². The third kappa shape index (κ3) is 5.32. The average Bonchev–Trinajstić information content (AvgIpc) is 3.28. The summed E-state index contributed by atoms with van der Waals surface area (Å²) in [5.41, 5.74) is 5.27. The van der Waals surface area contributed by atoms with Crippen molar-refractivity contribution < 1.29 is 5.11 Å². The molecule has 0 spiro atoms. The van der Waals surface area contributed by atoms with Crippen molar-refractivity contribution in [1.29, 1.82) is 0 Å². The predicted octanol–water partition coefficient (Wildman–Crippen LogP) is 5.39. The van der Waals surface area contributed by atoms with Gasteiger partial charge in [0.05, 0.1) is 11.8 Å². The van der Waals surface area contributed by atoms with Crippen LogP contribution in [0, 0.1) is 0 Å². The van der Waals surface area contributed by atoms with E-state index >= 15 is 0 Å². The molecule has 0 amide bonds. The van der Waals surface area contributed by atoms with E-state index in [1.165, 1.54) is 5.56 Å². The van der Waals surface area contributed by atoms with E-state index in [0.717, 1.165) is 40.4 Å². The van der Waals surface area contributed by atoms with Crippen LogP contribution in [0.3, 0.4) is 0 Å². The summed E-state index contributed by atoms with van der Waals surface area (Å²) in [4.78, 5) is 8.78. The van der Waals surface area contributed by atoms with Gasteiger partial charge in [-0.25, -0.2) is 9.97 Å². The monoisotopic (exact) mass is 435 g/mol. The lowest BCUT2D eigenvalue weighted by molar-refractivity contribution is 0.174. The molecule has 0 unspecified atom stereocenters. The van der Waals surface area contributed by atoms with E-state index in [-0.39, 0.29) is 0 Å². The van der Waals surface area contributed by atoms with E-state index in [1.807, 2.05) is 18.2 Å². The average molecular weight is 436 g/mol. The molecule has 4 nitrogen and oxygen atoms in total. The minimum absolute atomic E-state index is 0.427. The maximum Gasteiger partial charge on any atom is 0.129 e. The smallest absolute Gasteiger partial charge is 0.129 e. The van der Waals surface area contributed by atoms with Crippen LogP contribution in [-0.4, -0.2) is 28.2 Å². The molecule has 0 fully saturated rings. The van der Waals surface area contributed by atoms with Crippen LogP contribution in [0.15, 0.2) is 78.3 Å². The fraction of sp³-hybridized carbons (Fsp3) is 0.167. The highest BCUT2D eigenvalue weighted by molar-refractivity contribution is 7.13. The number of aliphatic hydroxyl groups excluding tert-OH is 1. The van der Waals surface area contributed by atoms with Crippen LogP contribution in [0.25, 0.3) is 21.8 Å². The standard InChI is InChI=1S/C24H22ClN3OS/c25-23-11-10-20(14-27-23)22(29)15-26-13-12-17-6-8-18(9-7-17)21-16-30-24(28-21)19-4-2-1-3-5-19/h1-11,14,16,22,26,29H,12-13,15H2/t22-/m0/s1. The summed E-state index contributed by atoms with van der Waals surface area (Å²) in [6, 6.07) is 22.2. The highest BCUT2D eigenvalue weighted by Crippen LogP contribution is 2.28. The van der Waals surface area contributed by atoms with Gasteiger partial charge < -0.3 is 10.4 Å². The van der Waals surface area contributed by atoms with E-state index in [0.29, 0.717) is 11.7 Å². The number of nitrogens with zero attached hydrogens (tertiary/aromatic N) is 2. The number of thiazole rings is 1. The Kier molecular flexibility index (Phi) is 6.87. The van der Waals surface area contributed by atoms with E-state index in [9.17, 15) is 5.11 Å². The van der Waals surface area contributed by atoms with Gasteiger partial charge in [-0.15, -0.1) is 11.3 Å². The zero-order valence-electron chi connectivity index (χ0n) is 16.3. The normalized spacial score (nSPS) is 12.1. The van der Waals surface area contributed by atoms with Crippen LogP contribution in [-0.2, 0) is 6.42 Å². The molecule has 0 saturated heterocycles. The van der Waals surface area contributed by atoms with Gasteiger partial charge in [-0.05, 0) is 24.6 Å². The number of hydrogen-bond donors (Lipinski definition) is 2. The van der Waals surface area contributed by atoms with Crippen molar-refractivity contribution >= 4 is 22.9 Å². The van der Waals surface area contributed by atoms with Crippen LogP contribution >= 0.6 is 22.9 Å². The van der Waals surface area contributed by atoms with Gasteiger partial charge in [-0.2, -0.15) is 0 Å². The van der Waals surface area contributed by atoms with Crippen LogP contribution in [0.4, 0.5) is 0 Å². The van der Waals surface area contributed by atoms with Crippen molar-refractivity contribution in [2.24, 2.45) is 0 Å². The molecule has 6 heteroatoms. The highest BCUT2D eigenvalue weighted by Gasteiger charge is 2.08. The van der Waals surface area contributed by atoms with Gasteiger partial charge >= 0.3 is 0 Å². The molecule has 152 valence electrons. The molecule has 0 radical (unpaired) electrons. The molecule has 2 N–H and O–H groups in total. The van der Waals surface area contributed by atoms with Crippen LogP contribution in [0.2, 0.25) is 5.15 Å². The number of benzene rings is 2. The SMILES string of the molecule is O[C@@H](CNCCc1ccc(-c2csc(-c3ccccc3)n2)cc1)c1ccc(Cl)nc1. The third-order valence-corrected chi connectivity index (χ3v) is 5.95. The molecule has 2 aromatic carbocycles. The lowest BCUT2D eigenvalue weighted by atomic mass is 10.1. The second-order valence-corrected chi connectivity index (χ2v) is 8.23. The maximum atomic E-state index is 10.2. The fourth-order valence-electron chi connectivity index (χ4n) is 3.14. The molecule has 2 heterocycles. The topological polar surface area (TPSA) is 58.0 Å². The minimum Gasteiger partial charge on any atom is -0.387 e. The third-order valence-electron chi connectivity index (χ3n) is 4.84. The number of hydrogen-bond acceptors (Lipinski definition) is 5. The fourth-order valence-corrected chi connectivity index (χ4v) is 4.08. The molecule has 4 rings (SSSR count). The number of nitrogens with one attached hydrogen (secondary N) is 1. The Balaban J connectivity index is 1.28. The first-order valence-electron chi connectivity index (χ1n) is 9.79. The minimum atomic E-state index is -0.597. The first kappa shape index (κ1) is 20.7. The van der Waals surface area contributed by atoms with Crippen LogP contribution < -0.4 is 5.32 Å². The first-order chi connectivity index (χ1) is 14.7. The molecule has 0 aliphatic rings. The summed E-state index contributed by atoms with van der Waals surface area (Å²) < 4.78 is 0. The van der Waals surface area contributed by atoms with E-state index in [1.54, 1.807) is 29.7 Å². The molecule has 0 aliphatic carbocycles. The summed E-state index contributed by atoms with van der Waals surface area (Å²) in [5.74, 6) is 0. The lowest BCUT2D eigenvalue weighted by Crippen LogP contribution is -2.23. The summed E-state index contributed by atoms with van der Waals surface area (Å²) in [6.07, 6.45) is 1.90. The zero-order chi connectivity index (χ0) is 20.8. The van der Waals surface area contributed by atoms with Crippen molar-refractivity contribution in [2.45, 2.75) is 12.5 Å². The van der Waals surface area contributed by atoms with Crippen molar-refractivity contribution in [3.05, 3.63) is 94.6 Å². The quantitative estimate of drug-likeness (QED) is 0.287. The molecule has 0 saturated carbocycles. The molecule has 4 aromatic rings. The van der Waals surface area contributed by atoms with E-state index in [4.69, 9.17) is 16.6 Å². The Morgan fingerprint density at radius 2 is 1.77 bits per heavy atom. The summed E-state index contributed by atoms with van der Waals surface area (Å²) in [6.45, 7) is 1.26. The first-order valence-corrected chi connectivity index (χ1v) is 11.1. The largest absolute Gasteiger partial charge is 0.387 e. The van der Waals surface area contributed by atoms with Gasteiger partial charge in [0.25, 0.3) is 0 Å². The van der Waals surface area contributed by atoms with Crippen molar-refractivity contribution in [2.75, 3.05) is 13.1 Å². The van der Waals surface area contributed by atoms with Gasteiger partial charge in [0, 0.05) is 34.8 Å². The summed E-state index contributed by atoms with van der Waals surface area (Å²) in [5, 5.41) is 17.1. The van der Waals surface area contributed by atoms with Crippen LogP contribution in [0.5, 0.6) is 0 Å². The number of halogens is 1. The van der Waals surface area contributed by atoms with E-state index in [2.05, 4.69) is 52.1 Å². The zero-order valence-corrected chi connectivity index (χ0v) is 17.9. The molecule has 0 bridgehead atoms. The van der Waals surface area contributed by atoms with Gasteiger partial charge in [-0.1, -0.05) is 72.3 Å². The molecule has 2 aromatic heterocycles. The number of rotatable bonds is 8. The second-order valence-electron chi connectivity index (χ2n) is 6.99. The van der Waals surface area contributed by atoms with Crippen LogP contribution in [0.1, 0.15) is 17.2 Å². The second kappa shape index (κ2) is 9.96. The number of aromatic nitrogens is 2. The molecular weight excluding hydrogens is 414 g/mol. The van der Waals surface area contributed by atoms with Gasteiger partial charge in [0.15, 0.2) is 0 Å². The van der Waals surface area contributed by atoms with Crippen molar-refractivity contribution in [1.82, 2.24) is 15.3 Å². The number of aliphatic hydroxyl groups is 1. The molecule has 30 heavy (non-hydrogen) atoms. The molecule has 0 aliphatic heterocycles. The Hall–Kier alpha value is -2.57. The van der Waals surface area contributed by atoms with Gasteiger partial charge in [0.1, 0.15) is 10.2 Å². The number of pyridine rings is 1. The van der Waals surface area contributed by atoms with Crippen molar-refractivity contribution in [3.63, 3.8) is 0 Å². The summed E-state index contributed by atoms with van der Waals surface area (Å²) in [7, 11) is 0. The van der Waals surface area contributed by atoms with E-state index < -0.39 is 6.10 Å². The Morgan fingerprint density at radius 1 is 0.967 bits per heavy atom. The molecular formula is C24H22ClN3OS. The Morgan fingerprint density at radius 3 is 2.50 bits per heavy atom. The Labute approximate surface area is 185 Å². The lowest BCUT2D eigenvalue weighted by Gasteiger charge is -2.12. The summed E-state index contributed by atoms with van der Waals surface area (Å²) >= 11 is 7.44. The Bertz CT molecular complexity index is 1070. The predicted molar refractivity (Wildman–Crippen MR) is 124 cm³/mol. The van der Waals surface area contributed by atoms with Gasteiger partial charge in [-0.3, -0.25) is 0 Å². The maximum absolute atomic E-state index is 10.2. The van der Waals surface area contributed by atoms with Gasteiger partial charge in [0.2, 0.25) is 0 Å². The highest BCUT2D eigenvalue weighted by atomic mass is 35.5. The molecule has 1 atom stereocenters.